The average Bonchev–Trinajstić information content (AvgIpc) is 2.98. The summed E-state index contributed by atoms with van der Waals surface area (Å²) in [4.78, 5) is 31.2. The Morgan fingerprint density at radius 2 is 1.41 bits per heavy atom. The molecule has 3 heterocycles. The zero-order valence-corrected chi connectivity index (χ0v) is 21.5. The second kappa shape index (κ2) is 10.8. The molecule has 2 saturated heterocycles. The van der Waals surface area contributed by atoms with Gasteiger partial charge in [0, 0.05) is 49.5 Å². The average molecular weight is 493 g/mol. The molecule has 3 fully saturated rings. The monoisotopic (exact) mass is 492 g/mol. The van der Waals surface area contributed by atoms with E-state index in [4.69, 9.17) is 0 Å². The molecule has 2 aliphatic heterocycles. The molecule has 0 bridgehead atoms. The molecule has 9 heteroatoms. The molecule has 0 atom stereocenters. The van der Waals surface area contributed by atoms with Gasteiger partial charge in [0.1, 0.15) is 4.90 Å². The highest BCUT2D eigenvalue weighted by Crippen LogP contribution is 2.31. The number of likely N-dealkylation sites (tertiary alicyclic amines) is 1. The molecular formula is C25H40N4O4S. The van der Waals surface area contributed by atoms with E-state index >= 15 is 0 Å². The molecule has 1 aromatic heterocycles. The molecule has 3 aliphatic rings. The molecule has 1 saturated carbocycles. The Balaban J connectivity index is 1.44. The van der Waals surface area contributed by atoms with Crippen molar-refractivity contribution in [2.75, 3.05) is 26.2 Å². The number of aromatic amines is 1. The highest BCUT2D eigenvalue weighted by atomic mass is 32.2. The maximum Gasteiger partial charge on any atom is 0.257 e. The summed E-state index contributed by atoms with van der Waals surface area (Å²) in [5, 5.41) is 3.22. The van der Waals surface area contributed by atoms with Gasteiger partial charge in [-0.25, -0.2) is 8.42 Å². The molecule has 8 nitrogen and oxygen atoms in total. The number of carbonyl (C=O) groups is 2. The third-order valence-electron chi connectivity index (χ3n) is 7.80. The molecule has 4 rings (SSSR count). The molecule has 1 aromatic rings. The van der Waals surface area contributed by atoms with Gasteiger partial charge in [0.05, 0.1) is 5.56 Å². The van der Waals surface area contributed by atoms with Crippen molar-refractivity contribution in [2.24, 2.45) is 5.92 Å². The molecule has 0 radical (unpaired) electrons. The Bertz CT molecular complexity index is 981. The number of sulfonamides is 1. The minimum absolute atomic E-state index is 0.0681. The van der Waals surface area contributed by atoms with Gasteiger partial charge < -0.3 is 15.2 Å². The fourth-order valence-corrected chi connectivity index (χ4v) is 7.71. The van der Waals surface area contributed by atoms with E-state index in [0.717, 1.165) is 44.9 Å². The minimum Gasteiger partial charge on any atom is -0.361 e. The molecular weight excluding hydrogens is 452 g/mol. The number of rotatable bonds is 5. The van der Waals surface area contributed by atoms with Crippen LogP contribution in [0.3, 0.4) is 0 Å². The van der Waals surface area contributed by atoms with E-state index in [-0.39, 0.29) is 34.2 Å². The lowest BCUT2D eigenvalue weighted by molar-refractivity contribution is -0.126. The number of hydrogen-bond acceptors (Lipinski definition) is 4. The highest BCUT2D eigenvalue weighted by molar-refractivity contribution is 7.89. The summed E-state index contributed by atoms with van der Waals surface area (Å²) in [6, 6.07) is 0.255. The molecule has 34 heavy (non-hydrogen) atoms. The lowest BCUT2D eigenvalue weighted by Crippen LogP contribution is -2.45. The summed E-state index contributed by atoms with van der Waals surface area (Å²) in [6.07, 6.45) is 10.9. The van der Waals surface area contributed by atoms with Crippen molar-refractivity contribution in [2.45, 2.75) is 95.4 Å². The van der Waals surface area contributed by atoms with Gasteiger partial charge in [-0.05, 0) is 58.8 Å². The first kappa shape index (κ1) is 25.2. The van der Waals surface area contributed by atoms with Gasteiger partial charge in [-0.2, -0.15) is 4.31 Å². The van der Waals surface area contributed by atoms with Crippen molar-refractivity contribution in [3.8, 4) is 0 Å². The van der Waals surface area contributed by atoms with Crippen LogP contribution in [0.5, 0.6) is 0 Å². The van der Waals surface area contributed by atoms with Gasteiger partial charge >= 0.3 is 0 Å². The number of nitrogens with one attached hydrogen (secondary N) is 2. The first-order valence-corrected chi connectivity index (χ1v) is 14.5. The van der Waals surface area contributed by atoms with Gasteiger partial charge in [0.2, 0.25) is 15.9 Å². The Labute approximate surface area is 203 Å². The number of amides is 2. The summed E-state index contributed by atoms with van der Waals surface area (Å²) in [6.45, 7) is 5.43. The topological polar surface area (TPSA) is 103 Å². The molecule has 0 aromatic carbocycles. The van der Waals surface area contributed by atoms with Gasteiger partial charge in [-0.3, -0.25) is 9.59 Å². The van der Waals surface area contributed by atoms with E-state index in [0.29, 0.717) is 50.4 Å². The number of aromatic nitrogens is 1. The molecule has 2 amide bonds. The van der Waals surface area contributed by atoms with E-state index in [9.17, 15) is 18.0 Å². The smallest absolute Gasteiger partial charge is 0.257 e. The van der Waals surface area contributed by atoms with Crippen molar-refractivity contribution in [1.29, 1.82) is 0 Å². The van der Waals surface area contributed by atoms with Crippen LogP contribution in [0.25, 0.3) is 0 Å². The molecule has 1 aliphatic carbocycles. The first-order valence-electron chi connectivity index (χ1n) is 13.1. The Hall–Kier alpha value is -1.87. The standard InChI is InChI=1S/C25H40N4O4S/c1-18-22(25(31)28-14-8-5-9-15-28)23(19(2)26-18)34(32,33)29-16-12-20(13-17-29)24(30)27-21-10-6-3-4-7-11-21/h20-21,26H,3-17H2,1-2H3,(H,27,30). The van der Waals surface area contributed by atoms with Crippen LogP contribution < -0.4 is 5.32 Å². The van der Waals surface area contributed by atoms with Crippen LogP contribution in [0.1, 0.15) is 92.4 Å². The lowest BCUT2D eigenvalue weighted by atomic mass is 9.96. The Morgan fingerprint density at radius 3 is 2.03 bits per heavy atom. The summed E-state index contributed by atoms with van der Waals surface area (Å²) >= 11 is 0. The molecule has 0 spiro atoms. The van der Waals surface area contributed by atoms with Crippen molar-refractivity contribution < 1.29 is 18.0 Å². The first-order chi connectivity index (χ1) is 16.3. The molecule has 190 valence electrons. The predicted octanol–water partition coefficient (Wildman–Crippen LogP) is 3.50. The van der Waals surface area contributed by atoms with Crippen molar-refractivity contribution in [3.05, 3.63) is 17.0 Å². The van der Waals surface area contributed by atoms with Crippen LogP contribution in [0.2, 0.25) is 0 Å². The van der Waals surface area contributed by atoms with Gasteiger partial charge in [0.15, 0.2) is 0 Å². The number of nitrogens with zero attached hydrogens (tertiary/aromatic N) is 2. The van der Waals surface area contributed by atoms with Crippen molar-refractivity contribution >= 4 is 21.8 Å². The van der Waals surface area contributed by atoms with E-state index in [1.165, 1.54) is 17.1 Å². The van der Waals surface area contributed by atoms with E-state index in [1.54, 1.807) is 18.7 Å². The van der Waals surface area contributed by atoms with Gasteiger partial charge in [-0.1, -0.05) is 25.7 Å². The Kier molecular flexibility index (Phi) is 8.02. The number of piperidine rings is 2. The number of H-pyrrole nitrogens is 1. The van der Waals surface area contributed by atoms with Crippen molar-refractivity contribution in [3.63, 3.8) is 0 Å². The summed E-state index contributed by atoms with van der Waals surface area (Å²) in [5.41, 5.74) is 1.39. The van der Waals surface area contributed by atoms with E-state index in [1.807, 2.05) is 0 Å². The largest absolute Gasteiger partial charge is 0.361 e. The SMILES string of the molecule is Cc1[nH]c(C)c(S(=O)(=O)N2CCC(C(=O)NC3CCCCCC3)CC2)c1C(=O)N1CCCCC1. The fourth-order valence-electron chi connectivity index (χ4n) is 5.82. The second-order valence-electron chi connectivity index (χ2n) is 10.3. The third kappa shape index (κ3) is 5.35. The van der Waals surface area contributed by atoms with Crippen LogP contribution in [0, 0.1) is 19.8 Å². The van der Waals surface area contributed by atoms with Crippen LogP contribution in [-0.2, 0) is 14.8 Å². The zero-order valence-electron chi connectivity index (χ0n) is 20.7. The zero-order chi connectivity index (χ0) is 24.3. The Morgan fingerprint density at radius 1 is 0.824 bits per heavy atom. The molecule has 0 unspecified atom stereocenters. The van der Waals surface area contributed by atoms with Crippen molar-refractivity contribution in [1.82, 2.24) is 19.5 Å². The van der Waals surface area contributed by atoms with Crippen LogP contribution in [-0.4, -0.2) is 66.6 Å². The highest BCUT2D eigenvalue weighted by Gasteiger charge is 2.38. The molecule has 2 N–H and O–H groups in total. The van der Waals surface area contributed by atoms with Crippen LogP contribution in [0.4, 0.5) is 0 Å². The second-order valence-corrected chi connectivity index (χ2v) is 12.2. The number of hydrogen-bond donors (Lipinski definition) is 2. The van der Waals surface area contributed by atoms with E-state index in [2.05, 4.69) is 10.3 Å². The summed E-state index contributed by atoms with van der Waals surface area (Å²) in [7, 11) is -3.84. The minimum atomic E-state index is -3.84. The summed E-state index contributed by atoms with van der Waals surface area (Å²) < 4.78 is 28.9. The van der Waals surface area contributed by atoms with Gasteiger partial charge in [-0.15, -0.1) is 0 Å². The number of carbonyl (C=O) groups excluding carboxylic acids is 2. The quantitative estimate of drug-likeness (QED) is 0.614. The van der Waals surface area contributed by atoms with Crippen LogP contribution >= 0.6 is 0 Å². The fraction of sp³-hybridized carbons (Fsp3) is 0.760. The predicted molar refractivity (Wildman–Crippen MR) is 131 cm³/mol. The maximum absolute atomic E-state index is 13.7. The van der Waals surface area contributed by atoms with Gasteiger partial charge in [0.25, 0.3) is 5.91 Å². The number of aryl methyl sites for hydroxylation is 2. The van der Waals surface area contributed by atoms with Crippen LogP contribution in [0.15, 0.2) is 4.90 Å². The lowest BCUT2D eigenvalue weighted by Gasteiger charge is -2.32. The summed E-state index contributed by atoms with van der Waals surface area (Å²) in [5.74, 6) is -0.283. The maximum atomic E-state index is 13.7. The van der Waals surface area contributed by atoms with E-state index < -0.39 is 10.0 Å². The third-order valence-corrected chi connectivity index (χ3v) is 9.87. The normalized spacial score (nSPS) is 21.9.